The molecule has 2 aromatic rings. The molecular formula is C17H19FN4O4. The minimum atomic E-state index is -1.24. The number of nitrogens with one attached hydrogen (secondary N) is 2. The van der Waals surface area contributed by atoms with Gasteiger partial charge in [0, 0.05) is 24.4 Å². The number of carboxylic acid groups (broad SMARTS) is 1. The van der Waals surface area contributed by atoms with E-state index in [4.69, 9.17) is 4.52 Å². The van der Waals surface area contributed by atoms with Crippen LogP contribution < -0.4 is 15.3 Å². The summed E-state index contributed by atoms with van der Waals surface area (Å²) in [5.74, 6) is -1.06. The van der Waals surface area contributed by atoms with Crippen molar-refractivity contribution < 1.29 is 28.5 Å². The van der Waals surface area contributed by atoms with Crippen molar-refractivity contribution in [3.8, 4) is 11.4 Å². The van der Waals surface area contributed by atoms with Crippen LogP contribution in [0.3, 0.4) is 0 Å². The van der Waals surface area contributed by atoms with Gasteiger partial charge in [-0.25, -0.2) is 4.39 Å². The zero-order valence-electron chi connectivity index (χ0n) is 14.2. The van der Waals surface area contributed by atoms with Crippen molar-refractivity contribution in [2.45, 2.75) is 31.3 Å². The van der Waals surface area contributed by atoms with Gasteiger partial charge in [0.1, 0.15) is 5.82 Å². The summed E-state index contributed by atoms with van der Waals surface area (Å²) in [5.41, 5.74) is 0.657. The van der Waals surface area contributed by atoms with Crippen molar-refractivity contribution in [3.05, 3.63) is 36.0 Å². The van der Waals surface area contributed by atoms with E-state index in [-0.39, 0.29) is 36.6 Å². The summed E-state index contributed by atoms with van der Waals surface area (Å²) in [6.45, 7) is 0.663. The Labute approximate surface area is 149 Å². The number of nitrogens with zero attached hydrogens (tertiary/aromatic N) is 2. The lowest BCUT2D eigenvalue weighted by atomic mass is 10.1. The highest BCUT2D eigenvalue weighted by atomic mass is 19.1. The number of carboxylic acids is 1. The first-order chi connectivity index (χ1) is 12.4. The van der Waals surface area contributed by atoms with E-state index in [9.17, 15) is 19.1 Å². The summed E-state index contributed by atoms with van der Waals surface area (Å²) in [7, 11) is 1.96. The lowest BCUT2D eigenvalue weighted by molar-refractivity contribution is -0.900. The van der Waals surface area contributed by atoms with Gasteiger partial charge in [-0.1, -0.05) is 5.16 Å². The minimum absolute atomic E-state index is 0.0804. The first-order valence-electron chi connectivity index (χ1n) is 8.33. The van der Waals surface area contributed by atoms with Gasteiger partial charge in [0.05, 0.1) is 19.6 Å². The van der Waals surface area contributed by atoms with Gasteiger partial charge in [0.2, 0.25) is 11.7 Å². The number of quaternary nitrogens is 1. The number of likely N-dealkylation sites (tertiary alicyclic amines) is 1. The number of halogens is 1. The normalized spacial score (nSPS) is 22.3. The number of benzene rings is 1. The summed E-state index contributed by atoms with van der Waals surface area (Å²) in [6.07, 6.45) is 0.209. The molecule has 9 heteroatoms. The van der Waals surface area contributed by atoms with E-state index in [1.165, 1.54) is 12.1 Å². The smallest absolute Gasteiger partial charge is 0.285 e. The molecule has 1 fully saturated rings. The summed E-state index contributed by atoms with van der Waals surface area (Å²) in [6, 6.07) is 5.64. The molecule has 1 aliphatic heterocycles. The minimum Gasteiger partial charge on any atom is -0.550 e. The van der Waals surface area contributed by atoms with E-state index in [0.717, 1.165) is 4.90 Å². The predicted molar refractivity (Wildman–Crippen MR) is 85.0 cm³/mol. The van der Waals surface area contributed by atoms with Crippen LogP contribution in [0.4, 0.5) is 4.39 Å². The molecule has 0 spiro atoms. The Hall–Kier alpha value is -2.81. The van der Waals surface area contributed by atoms with Crippen LogP contribution >= 0.6 is 0 Å². The number of hydrogen-bond donors (Lipinski definition) is 2. The molecule has 0 bridgehead atoms. The highest BCUT2D eigenvalue weighted by molar-refractivity contribution is 5.80. The van der Waals surface area contributed by atoms with Crippen LogP contribution in [0, 0.1) is 5.82 Å². The fourth-order valence-electron chi connectivity index (χ4n) is 3.13. The maximum atomic E-state index is 13.0. The molecule has 8 nitrogen and oxygen atoms in total. The van der Waals surface area contributed by atoms with Crippen LogP contribution in [0.25, 0.3) is 11.4 Å². The first-order valence-corrected chi connectivity index (χ1v) is 8.33. The van der Waals surface area contributed by atoms with Crippen LogP contribution in [-0.2, 0) is 9.59 Å². The third kappa shape index (κ3) is 4.23. The zero-order valence-corrected chi connectivity index (χ0v) is 14.2. The summed E-state index contributed by atoms with van der Waals surface area (Å²) < 4.78 is 18.4. The average Bonchev–Trinajstić information content (AvgIpc) is 3.20. The number of hydrogen-bond acceptors (Lipinski definition) is 6. The van der Waals surface area contributed by atoms with Gasteiger partial charge in [-0.3, -0.25) is 4.79 Å². The number of amides is 1. The van der Waals surface area contributed by atoms with Gasteiger partial charge in [0.15, 0.2) is 6.04 Å². The van der Waals surface area contributed by atoms with Gasteiger partial charge in [-0.15, -0.1) is 0 Å². The van der Waals surface area contributed by atoms with E-state index < -0.39 is 5.97 Å². The molecule has 2 N–H and O–H groups in total. The Morgan fingerprint density at radius 1 is 1.35 bits per heavy atom. The Bertz CT molecular complexity index is 792. The van der Waals surface area contributed by atoms with E-state index in [0.29, 0.717) is 30.2 Å². The Kier molecular flexibility index (Phi) is 5.27. The lowest BCUT2D eigenvalue weighted by Crippen LogP contribution is -3.07. The van der Waals surface area contributed by atoms with E-state index in [2.05, 4.69) is 15.5 Å². The molecule has 3 atom stereocenters. The number of aliphatic carboxylic acids is 1. The number of aromatic nitrogens is 2. The summed E-state index contributed by atoms with van der Waals surface area (Å²) in [5, 5.41) is 17.2. The van der Waals surface area contributed by atoms with Crippen LogP contribution in [0.15, 0.2) is 28.8 Å². The van der Waals surface area contributed by atoms with Crippen LogP contribution in [-0.4, -0.2) is 41.7 Å². The Morgan fingerprint density at radius 2 is 2.08 bits per heavy atom. The van der Waals surface area contributed by atoms with E-state index in [1.807, 2.05) is 7.05 Å². The van der Waals surface area contributed by atoms with Crippen molar-refractivity contribution in [1.29, 1.82) is 0 Å². The molecule has 26 heavy (non-hydrogen) atoms. The van der Waals surface area contributed by atoms with Crippen molar-refractivity contribution in [1.82, 2.24) is 15.5 Å². The van der Waals surface area contributed by atoms with E-state index in [1.54, 1.807) is 12.1 Å². The van der Waals surface area contributed by atoms with E-state index >= 15 is 0 Å². The molecule has 1 aromatic carbocycles. The third-order valence-corrected chi connectivity index (χ3v) is 4.45. The second-order valence-electron chi connectivity index (χ2n) is 6.44. The molecule has 1 aromatic heterocycles. The second kappa shape index (κ2) is 7.61. The highest BCUT2D eigenvalue weighted by Gasteiger charge is 2.39. The van der Waals surface area contributed by atoms with Gasteiger partial charge < -0.3 is 24.6 Å². The molecule has 0 aliphatic carbocycles. The van der Waals surface area contributed by atoms with Gasteiger partial charge in [-0.05, 0) is 30.7 Å². The van der Waals surface area contributed by atoms with Crippen molar-refractivity contribution in [2.75, 3.05) is 13.6 Å². The topological polar surface area (TPSA) is 113 Å². The SMILES string of the molecule is C[NH+]1C[C@@H](NC(=O)CCC(=O)[O-])C[C@H]1c1nc(-c2ccc(F)cc2)no1. The molecule has 1 aliphatic rings. The largest absolute Gasteiger partial charge is 0.550 e. The second-order valence-corrected chi connectivity index (χ2v) is 6.44. The fraction of sp³-hybridized carbons (Fsp3) is 0.412. The van der Waals surface area contributed by atoms with Gasteiger partial charge in [0.25, 0.3) is 5.89 Å². The molecule has 1 unspecified atom stereocenters. The monoisotopic (exact) mass is 362 g/mol. The molecule has 3 rings (SSSR count). The molecule has 1 saturated heterocycles. The first kappa shape index (κ1) is 18.0. The van der Waals surface area contributed by atoms with Crippen LogP contribution in [0.1, 0.15) is 31.2 Å². The standard InChI is InChI=1S/C17H19FN4O4/c1-22-9-12(19-14(23)6-7-15(24)25)8-13(22)17-20-16(21-26-17)10-2-4-11(18)5-3-10/h2-5,12-13H,6-9H2,1H3,(H,19,23)(H,24,25)/t12-,13-/m0/s1. The number of carbonyl (C=O) groups excluding carboxylic acids is 2. The fourth-order valence-corrected chi connectivity index (χ4v) is 3.13. The number of likely N-dealkylation sites (N-methyl/N-ethyl adjacent to an activating group) is 1. The van der Waals surface area contributed by atoms with Gasteiger partial charge in [-0.2, -0.15) is 4.98 Å². The lowest BCUT2D eigenvalue weighted by Gasteiger charge is -2.11. The molecule has 1 amide bonds. The quantitative estimate of drug-likeness (QED) is 0.671. The van der Waals surface area contributed by atoms with Crippen molar-refractivity contribution in [3.63, 3.8) is 0 Å². The molecular weight excluding hydrogens is 343 g/mol. The maximum absolute atomic E-state index is 13.0. The average molecular weight is 362 g/mol. The van der Waals surface area contributed by atoms with Crippen molar-refractivity contribution >= 4 is 11.9 Å². The third-order valence-electron chi connectivity index (χ3n) is 4.45. The number of rotatable bonds is 6. The Balaban J connectivity index is 1.62. The molecule has 138 valence electrons. The highest BCUT2D eigenvalue weighted by Crippen LogP contribution is 2.22. The molecule has 0 radical (unpaired) electrons. The van der Waals surface area contributed by atoms with Crippen LogP contribution in [0.5, 0.6) is 0 Å². The van der Waals surface area contributed by atoms with Crippen molar-refractivity contribution in [2.24, 2.45) is 0 Å². The summed E-state index contributed by atoms with van der Waals surface area (Å²) >= 11 is 0. The van der Waals surface area contributed by atoms with Crippen LogP contribution in [0.2, 0.25) is 0 Å². The van der Waals surface area contributed by atoms with Gasteiger partial charge >= 0.3 is 0 Å². The maximum Gasteiger partial charge on any atom is 0.285 e. The summed E-state index contributed by atoms with van der Waals surface area (Å²) in [4.78, 5) is 27.7. The molecule has 2 heterocycles. The zero-order chi connectivity index (χ0) is 18.7. The predicted octanol–water partition coefficient (Wildman–Crippen LogP) is -1.15. The molecule has 0 saturated carbocycles. The number of carbonyl (C=O) groups is 2. The Morgan fingerprint density at radius 3 is 2.77 bits per heavy atom.